The molecular formula is C26H41N7O8S. The highest BCUT2D eigenvalue weighted by atomic mass is 32.2. The van der Waals surface area contributed by atoms with Gasteiger partial charge in [-0.2, -0.15) is 0 Å². The number of nitrogens with two attached hydrogens (primary N) is 2. The summed E-state index contributed by atoms with van der Waals surface area (Å²) in [6, 6.07) is 5.18. The van der Waals surface area contributed by atoms with Crippen molar-refractivity contribution < 1.29 is 37.8 Å². The monoisotopic (exact) mass is 611 g/mol. The number of carboxylic acid groups (broad SMARTS) is 2. The van der Waals surface area contributed by atoms with E-state index in [0.717, 1.165) is 0 Å². The molecule has 2 amide bonds. The van der Waals surface area contributed by atoms with Gasteiger partial charge in [0.25, 0.3) is 0 Å². The lowest BCUT2D eigenvalue weighted by Crippen LogP contribution is -2.54. The summed E-state index contributed by atoms with van der Waals surface area (Å²) in [4.78, 5) is 50.2. The van der Waals surface area contributed by atoms with E-state index < -0.39 is 52.0 Å². The van der Waals surface area contributed by atoms with E-state index >= 15 is 0 Å². The van der Waals surface area contributed by atoms with Crippen LogP contribution in [0.5, 0.6) is 0 Å². The number of carbonyl (C=O) groups is 4. The van der Waals surface area contributed by atoms with Crippen LogP contribution in [0.2, 0.25) is 0 Å². The summed E-state index contributed by atoms with van der Waals surface area (Å²) < 4.78 is 27.3. The predicted molar refractivity (Wildman–Crippen MR) is 154 cm³/mol. The SMILES string of the molecule is C[C@H](NS(=O)(=O)Cc1ccccc1)C(=O)N1CCC[C@H]1C(=O)N1CCC[C@H]1C(=O)O.N=C(N)NCCC[C@H](N)C(=O)O. The first-order chi connectivity index (χ1) is 19.7. The highest BCUT2D eigenvalue weighted by Gasteiger charge is 2.43. The molecular weight excluding hydrogens is 570 g/mol. The fourth-order valence-electron chi connectivity index (χ4n) is 4.84. The number of hydrogen-bond donors (Lipinski definition) is 7. The number of aliphatic carboxylic acids is 2. The molecule has 0 radical (unpaired) electrons. The molecule has 3 rings (SSSR count). The van der Waals surface area contributed by atoms with Crippen molar-refractivity contribution in [2.24, 2.45) is 11.5 Å². The minimum absolute atomic E-state index is 0.112. The number of guanidine groups is 1. The molecule has 234 valence electrons. The Morgan fingerprint density at radius 3 is 2.21 bits per heavy atom. The zero-order chi connectivity index (χ0) is 31.4. The van der Waals surface area contributed by atoms with Gasteiger partial charge in [-0.3, -0.25) is 19.8 Å². The van der Waals surface area contributed by atoms with E-state index in [1.807, 2.05) is 0 Å². The Morgan fingerprint density at radius 2 is 1.64 bits per heavy atom. The lowest BCUT2D eigenvalue weighted by molar-refractivity contribution is -0.152. The average Bonchev–Trinajstić information content (AvgIpc) is 3.61. The number of likely N-dealkylation sites (tertiary alicyclic amines) is 2. The molecule has 0 bridgehead atoms. The quantitative estimate of drug-likeness (QED) is 0.0877. The van der Waals surface area contributed by atoms with Crippen molar-refractivity contribution in [3.05, 3.63) is 35.9 Å². The summed E-state index contributed by atoms with van der Waals surface area (Å²) in [5, 5.41) is 27.1. The van der Waals surface area contributed by atoms with Crippen LogP contribution in [0.25, 0.3) is 0 Å². The zero-order valence-corrected chi connectivity index (χ0v) is 24.4. The van der Waals surface area contributed by atoms with Crippen molar-refractivity contribution in [3.63, 3.8) is 0 Å². The molecule has 1 aromatic rings. The minimum atomic E-state index is -3.75. The number of nitrogens with one attached hydrogen (secondary N) is 3. The van der Waals surface area contributed by atoms with Crippen molar-refractivity contribution in [1.82, 2.24) is 19.8 Å². The highest BCUT2D eigenvalue weighted by molar-refractivity contribution is 7.88. The first-order valence-electron chi connectivity index (χ1n) is 13.7. The summed E-state index contributed by atoms with van der Waals surface area (Å²) in [5.41, 5.74) is 10.8. The summed E-state index contributed by atoms with van der Waals surface area (Å²) >= 11 is 0. The van der Waals surface area contributed by atoms with Crippen LogP contribution in [0, 0.1) is 5.41 Å². The van der Waals surface area contributed by atoms with E-state index in [4.69, 9.17) is 22.0 Å². The van der Waals surface area contributed by atoms with Crippen LogP contribution in [0.15, 0.2) is 30.3 Å². The number of hydrogen-bond acceptors (Lipinski definition) is 8. The number of benzene rings is 1. The Labute approximate surface area is 245 Å². The van der Waals surface area contributed by atoms with Crippen molar-refractivity contribution in [1.29, 1.82) is 5.41 Å². The van der Waals surface area contributed by atoms with Gasteiger partial charge < -0.3 is 36.8 Å². The van der Waals surface area contributed by atoms with Gasteiger partial charge in [-0.25, -0.2) is 17.9 Å². The van der Waals surface area contributed by atoms with Gasteiger partial charge in [0.05, 0.1) is 11.8 Å². The first kappa shape index (κ1) is 34.4. The van der Waals surface area contributed by atoms with E-state index in [1.54, 1.807) is 30.3 Å². The molecule has 42 heavy (non-hydrogen) atoms. The molecule has 0 spiro atoms. The molecule has 0 aliphatic carbocycles. The largest absolute Gasteiger partial charge is 0.480 e. The maximum atomic E-state index is 13.0. The number of carbonyl (C=O) groups excluding carboxylic acids is 2. The van der Waals surface area contributed by atoms with E-state index in [9.17, 15) is 32.7 Å². The second-order valence-electron chi connectivity index (χ2n) is 10.2. The van der Waals surface area contributed by atoms with Gasteiger partial charge in [-0.1, -0.05) is 30.3 Å². The van der Waals surface area contributed by atoms with Crippen LogP contribution in [0.1, 0.15) is 51.0 Å². The van der Waals surface area contributed by atoms with Gasteiger partial charge in [-0.15, -0.1) is 0 Å². The number of carboxylic acids is 2. The molecule has 0 aromatic heterocycles. The fraction of sp³-hybridized carbons (Fsp3) is 0.577. The second kappa shape index (κ2) is 16.0. The topological polar surface area (TPSA) is 249 Å². The standard InChI is InChI=1S/C20H27N3O6S.C6H14N4O2/c1-14(21-30(28,29)13-15-7-3-2-4-8-15)18(24)22-11-5-9-16(22)19(25)23-12-6-10-17(23)20(26)27;7-4(5(11)12)2-1-3-10-6(8)9/h2-4,7-8,14,16-17,21H,5-6,9-13H2,1H3,(H,26,27);4H,1-3,7H2,(H,11,12)(H4,8,9,10)/t14-,16-,17-;4-/m00/s1. The van der Waals surface area contributed by atoms with E-state index in [0.29, 0.717) is 63.7 Å². The molecule has 1 aromatic carbocycles. The third-order valence-corrected chi connectivity index (χ3v) is 8.32. The molecule has 9 N–H and O–H groups in total. The maximum Gasteiger partial charge on any atom is 0.326 e. The summed E-state index contributed by atoms with van der Waals surface area (Å²) in [6.45, 7) is 2.64. The Morgan fingerprint density at radius 1 is 1.05 bits per heavy atom. The van der Waals surface area contributed by atoms with Gasteiger partial charge in [0, 0.05) is 19.6 Å². The molecule has 15 nitrogen and oxygen atoms in total. The van der Waals surface area contributed by atoms with Gasteiger partial charge in [0.1, 0.15) is 18.1 Å². The summed E-state index contributed by atoms with van der Waals surface area (Å²) in [5.74, 6) is -3.25. The van der Waals surface area contributed by atoms with Crippen molar-refractivity contribution in [2.45, 2.75) is 75.4 Å². The lowest BCUT2D eigenvalue weighted by atomic mass is 10.1. The van der Waals surface area contributed by atoms with Gasteiger partial charge in [0.2, 0.25) is 21.8 Å². The van der Waals surface area contributed by atoms with Crippen molar-refractivity contribution in [2.75, 3.05) is 19.6 Å². The van der Waals surface area contributed by atoms with Crippen LogP contribution < -0.4 is 21.5 Å². The molecule has 2 saturated heterocycles. The van der Waals surface area contributed by atoms with Crippen LogP contribution in [-0.4, -0.2) is 102 Å². The number of sulfonamides is 1. The van der Waals surface area contributed by atoms with Gasteiger partial charge in [-0.05, 0) is 51.0 Å². The zero-order valence-electron chi connectivity index (χ0n) is 23.6. The minimum Gasteiger partial charge on any atom is -0.480 e. The normalized spacial score (nSPS) is 19.8. The molecule has 2 fully saturated rings. The molecule has 4 atom stereocenters. The third-order valence-electron chi connectivity index (χ3n) is 6.89. The molecule has 0 saturated carbocycles. The second-order valence-corrected chi connectivity index (χ2v) is 12.0. The van der Waals surface area contributed by atoms with Crippen molar-refractivity contribution in [3.8, 4) is 0 Å². The molecule has 2 heterocycles. The third kappa shape index (κ3) is 10.6. The number of rotatable bonds is 12. The number of nitrogens with zero attached hydrogens (tertiary/aromatic N) is 2. The van der Waals surface area contributed by atoms with Crippen molar-refractivity contribution >= 4 is 39.7 Å². The van der Waals surface area contributed by atoms with Crippen LogP contribution in [0.4, 0.5) is 0 Å². The summed E-state index contributed by atoms with van der Waals surface area (Å²) in [7, 11) is -3.75. The van der Waals surface area contributed by atoms with Gasteiger partial charge in [0.15, 0.2) is 5.96 Å². The van der Waals surface area contributed by atoms with Gasteiger partial charge >= 0.3 is 11.9 Å². The Bertz CT molecular complexity index is 1210. The molecule has 0 unspecified atom stereocenters. The van der Waals surface area contributed by atoms with Crippen LogP contribution in [0.3, 0.4) is 0 Å². The Kier molecular flexibility index (Phi) is 13.1. The fourth-order valence-corrected chi connectivity index (χ4v) is 6.19. The lowest BCUT2D eigenvalue weighted by Gasteiger charge is -2.31. The van der Waals surface area contributed by atoms with E-state index in [1.165, 1.54) is 16.7 Å². The highest BCUT2D eigenvalue weighted by Crippen LogP contribution is 2.25. The molecule has 2 aliphatic heterocycles. The predicted octanol–water partition coefficient (Wildman–Crippen LogP) is -0.777. The summed E-state index contributed by atoms with van der Waals surface area (Å²) in [6.07, 6.45) is 3.03. The smallest absolute Gasteiger partial charge is 0.326 e. The van der Waals surface area contributed by atoms with Crippen LogP contribution >= 0.6 is 0 Å². The first-order valence-corrected chi connectivity index (χ1v) is 15.3. The Balaban J connectivity index is 0.000000435. The average molecular weight is 612 g/mol. The van der Waals surface area contributed by atoms with E-state index in [2.05, 4.69) is 10.0 Å². The maximum absolute atomic E-state index is 13.0. The van der Waals surface area contributed by atoms with E-state index in [-0.39, 0.29) is 17.6 Å². The molecule has 2 aliphatic rings. The van der Waals surface area contributed by atoms with Crippen LogP contribution in [-0.2, 0) is 35.0 Å². The Hall–Kier alpha value is -3.76. The molecule has 16 heteroatoms. The number of amides is 2.